The number of likely N-dealkylation sites (N-methyl/N-ethyl adjacent to an activating group) is 3. The number of hydrazine groups is 3. The summed E-state index contributed by atoms with van der Waals surface area (Å²) >= 11 is 0. The topological polar surface area (TPSA) is 203 Å². The zero-order chi connectivity index (χ0) is 39.4. The average Bonchev–Trinajstić information content (AvgIpc) is 3.16. The van der Waals surface area contributed by atoms with Gasteiger partial charge in [0, 0.05) is 19.6 Å². The average molecular weight is 742 g/mol. The Morgan fingerprint density at radius 2 is 0.704 bits per heavy atom. The monoisotopic (exact) mass is 741 g/mol. The predicted octanol–water partition coefficient (Wildman–Crippen LogP) is 2.32. The van der Waals surface area contributed by atoms with E-state index in [2.05, 4.69) is 16.3 Å². The summed E-state index contributed by atoms with van der Waals surface area (Å²) in [5.74, 6) is 16.3. The largest absolute Gasteiger partial charge is 0.491 e. The number of nitrogens with zero attached hydrogens (tertiary/aromatic N) is 3. The Morgan fingerprint density at radius 3 is 0.926 bits per heavy atom. The molecule has 0 spiro atoms. The van der Waals surface area contributed by atoms with Crippen molar-refractivity contribution < 1.29 is 28.6 Å². The minimum atomic E-state index is -0.516. The second-order valence-corrected chi connectivity index (χ2v) is 13.3. The third-order valence-corrected chi connectivity index (χ3v) is 8.39. The van der Waals surface area contributed by atoms with Crippen LogP contribution in [0, 0.1) is 0 Å². The molecule has 15 nitrogen and oxygen atoms in total. The van der Waals surface area contributed by atoms with Crippen LogP contribution in [0.3, 0.4) is 0 Å². The van der Waals surface area contributed by atoms with Gasteiger partial charge in [0.15, 0.2) is 0 Å². The molecule has 54 heavy (non-hydrogen) atoms. The van der Waals surface area contributed by atoms with E-state index in [0.29, 0.717) is 73.4 Å². The summed E-state index contributed by atoms with van der Waals surface area (Å²) in [6.45, 7) is 3.01. The number of carbonyl (C=O) groups is 3. The van der Waals surface area contributed by atoms with Crippen LogP contribution in [0.15, 0.2) is 72.8 Å². The molecule has 0 aromatic heterocycles. The van der Waals surface area contributed by atoms with Gasteiger partial charge < -0.3 is 28.9 Å². The van der Waals surface area contributed by atoms with Crippen LogP contribution in [0.5, 0.6) is 17.2 Å². The first-order valence-corrected chi connectivity index (χ1v) is 17.3. The van der Waals surface area contributed by atoms with Crippen molar-refractivity contribution >= 4 is 17.7 Å². The fourth-order valence-corrected chi connectivity index (χ4v) is 5.41. The van der Waals surface area contributed by atoms with Crippen molar-refractivity contribution in [1.29, 1.82) is 0 Å². The van der Waals surface area contributed by atoms with Gasteiger partial charge in [0.05, 0.1) is 16.7 Å². The standard InChI is InChI=1S/C39H51N9O6/c1-46(2)13-16-52-34-10-7-25(22-31(34)37(49)43-40)28-19-29(26-8-11-35(53-17-14-47(3)4)32(23-26)38(50)44-41)21-30(20-28)27-9-12-36(54-18-15-48(5)6)33(24-27)39(51)45-42/h7-12,19-24H,13-18,40-42H2,1-6H3,(H,43,49)(H,44,50)(H,45,51). The number of nitrogen functional groups attached to an aromatic ring is 3. The van der Waals surface area contributed by atoms with E-state index in [0.717, 1.165) is 16.7 Å². The number of ether oxygens (including phenoxy) is 3. The summed E-state index contributed by atoms with van der Waals surface area (Å²) in [4.78, 5) is 44.9. The van der Waals surface area contributed by atoms with E-state index in [1.807, 2.05) is 93.4 Å². The lowest BCUT2D eigenvalue weighted by Gasteiger charge is -2.17. The molecule has 0 fully saturated rings. The fourth-order valence-electron chi connectivity index (χ4n) is 5.41. The van der Waals surface area contributed by atoms with Crippen molar-refractivity contribution in [3.8, 4) is 50.6 Å². The van der Waals surface area contributed by atoms with Gasteiger partial charge in [-0.05, 0) is 130 Å². The zero-order valence-electron chi connectivity index (χ0n) is 31.7. The zero-order valence-corrected chi connectivity index (χ0v) is 31.7. The lowest BCUT2D eigenvalue weighted by atomic mass is 9.91. The number of hydrogen-bond acceptors (Lipinski definition) is 12. The maximum Gasteiger partial charge on any atom is 0.268 e. The van der Waals surface area contributed by atoms with Gasteiger partial charge >= 0.3 is 0 Å². The van der Waals surface area contributed by atoms with Crippen molar-refractivity contribution in [2.24, 2.45) is 17.5 Å². The lowest BCUT2D eigenvalue weighted by Crippen LogP contribution is -2.30. The van der Waals surface area contributed by atoms with E-state index in [4.69, 9.17) is 31.7 Å². The summed E-state index contributed by atoms with van der Waals surface area (Å²) in [7, 11) is 11.6. The number of benzene rings is 4. The molecule has 0 aliphatic rings. The van der Waals surface area contributed by atoms with Gasteiger partial charge in [0.2, 0.25) is 0 Å². The van der Waals surface area contributed by atoms with Crippen molar-refractivity contribution in [3.63, 3.8) is 0 Å². The molecular weight excluding hydrogens is 690 g/mol. The number of nitrogens with two attached hydrogens (primary N) is 3. The molecule has 4 rings (SSSR count). The Bertz CT molecular complexity index is 1700. The number of amides is 3. The first-order chi connectivity index (χ1) is 25.8. The van der Waals surface area contributed by atoms with Gasteiger partial charge in [-0.1, -0.05) is 18.2 Å². The molecule has 15 heteroatoms. The first-order valence-electron chi connectivity index (χ1n) is 17.3. The van der Waals surface area contributed by atoms with Crippen molar-refractivity contribution in [3.05, 3.63) is 89.5 Å². The quantitative estimate of drug-likeness (QED) is 0.0495. The molecule has 0 saturated heterocycles. The minimum absolute atomic E-state index is 0.253. The summed E-state index contributed by atoms with van der Waals surface area (Å²) in [5.41, 5.74) is 11.6. The Labute approximate surface area is 316 Å². The SMILES string of the molecule is CN(C)CCOc1ccc(-c2cc(-c3ccc(OCCN(C)C)c(C(=O)NN)c3)cc(-c3ccc(OCCN(C)C)c(C(=O)NN)c3)c2)cc1C(=O)NN. The molecule has 0 aliphatic heterocycles. The van der Waals surface area contributed by atoms with Crippen LogP contribution < -0.4 is 48.0 Å². The molecule has 0 unspecified atom stereocenters. The van der Waals surface area contributed by atoms with Crippen molar-refractivity contribution in [2.45, 2.75) is 0 Å². The summed E-state index contributed by atoms with van der Waals surface area (Å²) < 4.78 is 17.9. The second-order valence-electron chi connectivity index (χ2n) is 13.3. The smallest absolute Gasteiger partial charge is 0.268 e. The molecular formula is C39H51N9O6. The molecule has 0 atom stereocenters. The van der Waals surface area contributed by atoms with Gasteiger partial charge in [0.1, 0.15) is 37.1 Å². The summed E-state index contributed by atoms with van der Waals surface area (Å²) in [6.07, 6.45) is 0. The molecule has 0 aliphatic carbocycles. The highest BCUT2D eigenvalue weighted by atomic mass is 16.5. The molecule has 4 aromatic carbocycles. The molecule has 4 aromatic rings. The number of rotatable bonds is 18. The van der Waals surface area contributed by atoms with Crippen LogP contribution in [0.25, 0.3) is 33.4 Å². The molecule has 3 amide bonds. The van der Waals surface area contributed by atoms with E-state index in [9.17, 15) is 14.4 Å². The molecule has 0 radical (unpaired) electrons. The third kappa shape index (κ3) is 11.0. The Morgan fingerprint density at radius 1 is 0.444 bits per heavy atom. The predicted molar refractivity (Wildman–Crippen MR) is 210 cm³/mol. The van der Waals surface area contributed by atoms with Gasteiger partial charge in [-0.25, -0.2) is 17.5 Å². The van der Waals surface area contributed by atoms with Crippen LogP contribution in [-0.4, -0.2) is 114 Å². The number of hydrogen-bond donors (Lipinski definition) is 6. The Kier molecular flexibility index (Phi) is 14.9. The van der Waals surface area contributed by atoms with Gasteiger partial charge in [-0.3, -0.25) is 30.7 Å². The van der Waals surface area contributed by atoms with E-state index in [1.165, 1.54) is 0 Å². The van der Waals surface area contributed by atoms with E-state index in [-0.39, 0.29) is 16.7 Å². The third-order valence-electron chi connectivity index (χ3n) is 8.39. The highest BCUT2D eigenvalue weighted by Gasteiger charge is 2.19. The van der Waals surface area contributed by atoms with Gasteiger partial charge in [-0.2, -0.15) is 0 Å². The fraction of sp³-hybridized carbons (Fsp3) is 0.308. The van der Waals surface area contributed by atoms with E-state index in [1.54, 1.807) is 36.4 Å². The molecule has 9 N–H and O–H groups in total. The first kappa shape index (κ1) is 41.2. The number of carbonyl (C=O) groups excluding carboxylic acids is 3. The van der Waals surface area contributed by atoms with Crippen LogP contribution >= 0.6 is 0 Å². The van der Waals surface area contributed by atoms with Crippen LogP contribution in [-0.2, 0) is 0 Å². The van der Waals surface area contributed by atoms with Crippen LogP contribution in [0.1, 0.15) is 31.1 Å². The molecule has 0 heterocycles. The maximum atomic E-state index is 13.0. The van der Waals surface area contributed by atoms with E-state index >= 15 is 0 Å². The van der Waals surface area contributed by atoms with Crippen molar-refractivity contribution in [2.75, 3.05) is 81.7 Å². The highest BCUT2D eigenvalue weighted by molar-refractivity contribution is 6.00. The summed E-state index contributed by atoms with van der Waals surface area (Å²) in [5, 5.41) is 0. The Hall–Kier alpha value is -5.55. The van der Waals surface area contributed by atoms with Gasteiger partial charge in [-0.15, -0.1) is 0 Å². The number of nitrogens with one attached hydrogen (secondary N) is 3. The van der Waals surface area contributed by atoms with Crippen LogP contribution in [0.4, 0.5) is 0 Å². The minimum Gasteiger partial charge on any atom is -0.491 e. The molecule has 0 saturated carbocycles. The highest BCUT2D eigenvalue weighted by Crippen LogP contribution is 2.37. The lowest BCUT2D eigenvalue weighted by molar-refractivity contribution is 0.0941. The molecule has 288 valence electrons. The van der Waals surface area contributed by atoms with E-state index < -0.39 is 17.7 Å². The normalized spacial score (nSPS) is 11.1. The van der Waals surface area contributed by atoms with Crippen LogP contribution in [0.2, 0.25) is 0 Å². The Balaban J connectivity index is 1.91. The second kappa shape index (κ2) is 19.5. The summed E-state index contributed by atoms with van der Waals surface area (Å²) in [6, 6.07) is 21.7. The maximum absolute atomic E-state index is 13.0. The molecule has 0 bridgehead atoms. The van der Waals surface area contributed by atoms with Crippen molar-refractivity contribution in [1.82, 2.24) is 31.0 Å². The van der Waals surface area contributed by atoms with Gasteiger partial charge in [0.25, 0.3) is 17.7 Å².